The fourth-order valence-electron chi connectivity index (χ4n) is 1.70. The van der Waals surface area contributed by atoms with Crippen LogP contribution in [0.25, 0.3) is 0 Å². The van der Waals surface area contributed by atoms with Gasteiger partial charge in [0.2, 0.25) is 5.88 Å². The molecule has 0 radical (unpaired) electrons. The summed E-state index contributed by atoms with van der Waals surface area (Å²) in [7, 11) is 3.36. The first-order valence-corrected chi connectivity index (χ1v) is 5.45. The van der Waals surface area contributed by atoms with Crippen molar-refractivity contribution >= 4 is 0 Å². The summed E-state index contributed by atoms with van der Waals surface area (Å²) in [5.41, 5.74) is 1.48. The largest absolute Gasteiger partial charge is 0.481 e. The molecule has 0 fully saturated rings. The van der Waals surface area contributed by atoms with Crippen LogP contribution in [0.4, 0.5) is 0 Å². The maximum absolute atomic E-state index is 9.99. The zero-order valence-electron chi connectivity index (χ0n) is 10.4. The van der Waals surface area contributed by atoms with E-state index in [1.54, 1.807) is 18.8 Å². The molecule has 1 heterocycles. The first-order valence-electron chi connectivity index (χ1n) is 5.45. The van der Waals surface area contributed by atoms with Gasteiger partial charge in [-0.15, -0.1) is 0 Å². The lowest BCUT2D eigenvalue weighted by Gasteiger charge is -2.12. The first kappa shape index (κ1) is 13.0. The van der Waals surface area contributed by atoms with Gasteiger partial charge in [-0.1, -0.05) is 6.92 Å². The highest BCUT2D eigenvalue weighted by Crippen LogP contribution is 2.27. The van der Waals surface area contributed by atoms with E-state index in [1.807, 2.05) is 13.8 Å². The molecule has 1 aromatic heterocycles. The van der Waals surface area contributed by atoms with Gasteiger partial charge in [0, 0.05) is 13.7 Å². The van der Waals surface area contributed by atoms with Gasteiger partial charge in [-0.2, -0.15) is 5.10 Å². The lowest BCUT2D eigenvalue weighted by atomic mass is 10.1. The molecule has 1 aromatic rings. The number of aromatic nitrogens is 2. The van der Waals surface area contributed by atoms with E-state index < -0.39 is 6.10 Å². The molecule has 0 aliphatic heterocycles. The van der Waals surface area contributed by atoms with E-state index in [-0.39, 0.29) is 6.61 Å². The number of hydrogen-bond acceptors (Lipinski definition) is 4. The van der Waals surface area contributed by atoms with Crippen LogP contribution in [0, 0.1) is 6.92 Å². The minimum absolute atomic E-state index is 0.275. The van der Waals surface area contributed by atoms with E-state index in [9.17, 15) is 5.11 Å². The van der Waals surface area contributed by atoms with Crippen LogP contribution in [0.5, 0.6) is 5.88 Å². The van der Waals surface area contributed by atoms with Gasteiger partial charge in [0.1, 0.15) is 6.10 Å². The van der Waals surface area contributed by atoms with Gasteiger partial charge in [-0.25, -0.2) is 4.68 Å². The summed E-state index contributed by atoms with van der Waals surface area (Å²) in [5, 5.41) is 14.2. The average molecular weight is 228 g/mol. The standard InChI is InChI=1S/C11H20N2O3/c1-5-6-16-7-9(14)10-8(2)12-13(3)11(10)15-4/h9,14H,5-7H2,1-4H3. The summed E-state index contributed by atoms with van der Waals surface area (Å²) in [6.07, 6.45) is 0.255. The molecule has 1 atom stereocenters. The van der Waals surface area contributed by atoms with Gasteiger partial charge in [-0.3, -0.25) is 0 Å². The maximum atomic E-state index is 9.99. The molecule has 5 nitrogen and oxygen atoms in total. The van der Waals surface area contributed by atoms with E-state index >= 15 is 0 Å². The lowest BCUT2D eigenvalue weighted by molar-refractivity contribution is 0.0348. The highest BCUT2D eigenvalue weighted by molar-refractivity contribution is 5.33. The van der Waals surface area contributed by atoms with Crippen LogP contribution in [-0.2, 0) is 11.8 Å². The zero-order chi connectivity index (χ0) is 12.1. The van der Waals surface area contributed by atoms with Crippen LogP contribution >= 0.6 is 0 Å². The topological polar surface area (TPSA) is 56.5 Å². The Kier molecular flexibility index (Phi) is 4.76. The SMILES string of the molecule is CCCOCC(O)c1c(C)nn(C)c1OC. The van der Waals surface area contributed by atoms with Crippen molar-refractivity contribution in [3.05, 3.63) is 11.3 Å². The van der Waals surface area contributed by atoms with E-state index in [1.165, 1.54) is 0 Å². The number of hydrogen-bond donors (Lipinski definition) is 1. The summed E-state index contributed by atoms with van der Waals surface area (Å²) in [6, 6.07) is 0. The Morgan fingerprint density at radius 2 is 2.19 bits per heavy atom. The monoisotopic (exact) mass is 228 g/mol. The molecule has 16 heavy (non-hydrogen) atoms. The third-order valence-electron chi connectivity index (χ3n) is 2.36. The molecule has 0 aliphatic rings. The maximum Gasteiger partial charge on any atom is 0.217 e. The quantitative estimate of drug-likeness (QED) is 0.743. The van der Waals surface area contributed by atoms with Gasteiger partial charge in [0.25, 0.3) is 0 Å². The van der Waals surface area contributed by atoms with Crippen LogP contribution < -0.4 is 4.74 Å². The molecule has 0 spiro atoms. The molecule has 92 valence electrons. The van der Waals surface area contributed by atoms with Gasteiger partial charge in [-0.05, 0) is 13.3 Å². The Morgan fingerprint density at radius 1 is 1.50 bits per heavy atom. The third-order valence-corrected chi connectivity index (χ3v) is 2.36. The highest BCUT2D eigenvalue weighted by atomic mass is 16.5. The Hall–Kier alpha value is -1.07. The van der Waals surface area contributed by atoms with E-state index in [0.717, 1.165) is 12.1 Å². The summed E-state index contributed by atoms with van der Waals surface area (Å²) >= 11 is 0. The molecule has 0 saturated carbocycles. The van der Waals surface area contributed by atoms with Gasteiger partial charge in [0.15, 0.2) is 0 Å². The predicted octanol–water partition coefficient (Wildman–Crippen LogP) is 1.20. The van der Waals surface area contributed by atoms with Crippen LogP contribution in [0.3, 0.4) is 0 Å². The molecule has 1 N–H and O–H groups in total. The minimum atomic E-state index is -0.685. The number of ether oxygens (including phenoxy) is 2. The van der Waals surface area contributed by atoms with Crippen molar-refractivity contribution in [2.24, 2.45) is 7.05 Å². The molecule has 0 saturated heterocycles. The molecule has 0 aliphatic carbocycles. The van der Waals surface area contributed by atoms with Crippen molar-refractivity contribution in [3.8, 4) is 5.88 Å². The number of aliphatic hydroxyl groups excluding tert-OH is 1. The van der Waals surface area contributed by atoms with Gasteiger partial charge >= 0.3 is 0 Å². The van der Waals surface area contributed by atoms with Crippen molar-refractivity contribution < 1.29 is 14.6 Å². The fraction of sp³-hybridized carbons (Fsp3) is 0.727. The molecule has 0 amide bonds. The van der Waals surface area contributed by atoms with Crippen LogP contribution in [0.2, 0.25) is 0 Å². The van der Waals surface area contributed by atoms with E-state index in [0.29, 0.717) is 18.1 Å². The Balaban J connectivity index is 2.77. The highest BCUT2D eigenvalue weighted by Gasteiger charge is 2.21. The van der Waals surface area contributed by atoms with E-state index in [4.69, 9.17) is 9.47 Å². The Labute approximate surface area is 96.0 Å². The summed E-state index contributed by atoms with van der Waals surface area (Å²) in [5.74, 6) is 0.588. The number of rotatable bonds is 6. The van der Waals surface area contributed by atoms with Gasteiger partial charge in [0.05, 0.1) is 25.0 Å². The number of aryl methyl sites for hydroxylation is 2. The second kappa shape index (κ2) is 5.86. The molecular weight excluding hydrogens is 208 g/mol. The van der Waals surface area contributed by atoms with Crippen molar-refractivity contribution in [3.63, 3.8) is 0 Å². The van der Waals surface area contributed by atoms with Crippen LogP contribution in [-0.4, -0.2) is 35.2 Å². The minimum Gasteiger partial charge on any atom is -0.481 e. The average Bonchev–Trinajstić information content (AvgIpc) is 2.53. The molecule has 5 heteroatoms. The predicted molar refractivity (Wildman–Crippen MR) is 60.6 cm³/mol. The summed E-state index contributed by atoms with van der Waals surface area (Å²) in [6.45, 7) is 4.80. The third kappa shape index (κ3) is 2.74. The smallest absolute Gasteiger partial charge is 0.217 e. The summed E-state index contributed by atoms with van der Waals surface area (Å²) in [4.78, 5) is 0. The molecular formula is C11H20N2O3. The van der Waals surface area contributed by atoms with Crippen molar-refractivity contribution in [2.75, 3.05) is 20.3 Å². The Morgan fingerprint density at radius 3 is 2.75 bits per heavy atom. The second-order valence-corrected chi connectivity index (χ2v) is 3.72. The normalized spacial score (nSPS) is 12.8. The van der Waals surface area contributed by atoms with Crippen molar-refractivity contribution in [2.45, 2.75) is 26.4 Å². The lowest BCUT2D eigenvalue weighted by Crippen LogP contribution is -2.09. The number of methoxy groups -OCH3 is 1. The number of nitrogens with zero attached hydrogens (tertiary/aromatic N) is 2. The zero-order valence-corrected chi connectivity index (χ0v) is 10.4. The summed E-state index contributed by atoms with van der Waals surface area (Å²) < 4.78 is 12.1. The van der Waals surface area contributed by atoms with Crippen LogP contribution in [0.1, 0.15) is 30.7 Å². The first-order chi connectivity index (χ1) is 7.61. The van der Waals surface area contributed by atoms with E-state index in [2.05, 4.69) is 5.10 Å². The Bertz CT molecular complexity index is 336. The van der Waals surface area contributed by atoms with Gasteiger partial charge < -0.3 is 14.6 Å². The molecule has 0 bridgehead atoms. The molecule has 1 rings (SSSR count). The molecule has 1 unspecified atom stereocenters. The fourth-order valence-corrected chi connectivity index (χ4v) is 1.70. The number of aliphatic hydroxyl groups is 1. The van der Waals surface area contributed by atoms with Crippen molar-refractivity contribution in [1.29, 1.82) is 0 Å². The van der Waals surface area contributed by atoms with Crippen LogP contribution in [0.15, 0.2) is 0 Å². The van der Waals surface area contributed by atoms with Crippen molar-refractivity contribution in [1.82, 2.24) is 9.78 Å². The second-order valence-electron chi connectivity index (χ2n) is 3.72. The molecule has 0 aromatic carbocycles.